The Kier molecular flexibility index (Phi) is 6.35. The monoisotopic (exact) mass is 280 g/mol. The van der Waals surface area contributed by atoms with Crippen LogP contribution in [0.5, 0.6) is 0 Å². The van der Waals surface area contributed by atoms with E-state index in [4.69, 9.17) is 0 Å². The molecule has 0 aromatic rings. The average Bonchev–Trinajstić information content (AvgIpc) is 2.89. The third-order valence-corrected chi connectivity index (χ3v) is 5.31. The van der Waals surface area contributed by atoms with E-state index < -0.39 is 0 Å². The van der Waals surface area contributed by atoms with Crippen molar-refractivity contribution >= 4 is 0 Å². The SMILES string of the molecule is CC(C)CNC1CC(C(C)C)CN(CC2CCCC2)C1. The normalized spacial score (nSPS) is 29.7. The number of piperidine rings is 1. The number of nitrogens with one attached hydrogen (secondary N) is 1. The molecule has 2 heteroatoms. The molecule has 1 saturated carbocycles. The zero-order chi connectivity index (χ0) is 14.5. The number of nitrogens with zero attached hydrogens (tertiary/aromatic N) is 1. The van der Waals surface area contributed by atoms with Crippen molar-refractivity contribution in [2.75, 3.05) is 26.2 Å². The first-order chi connectivity index (χ1) is 9.54. The van der Waals surface area contributed by atoms with Gasteiger partial charge < -0.3 is 10.2 Å². The van der Waals surface area contributed by atoms with E-state index in [1.807, 2.05) is 0 Å². The van der Waals surface area contributed by atoms with Gasteiger partial charge in [0.15, 0.2) is 0 Å². The Bertz CT molecular complexity index is 267. The molecule has 2 rings (SSSR count). The Labute approximate surface area is 126 Å². The molecule has 2 fully saturated rings. The van der Waals surface area contributed by atoms with Gasteiger partial charge in [-0.25, -0.2) is 0 Å². The Morgan fingerprint density at radius 3 is 2.35 bits per heavy atom. The van der Waals surface area contributed by atoms with E-state index in [0.717, 1.165) is 29.7 Å². The highest BCUT2D eigenvalue weighted by molar-refractivity contribution is 4.86. The highest BCUT2D eigenvalue weighted by Crippen LogP contribution is 2.29. The molecule has 20 heavy (non-hydrogen) atoms. The molecule has 1 N–H and O–H groups in total. The number of likely N-dealkylation sites (tertiary alicyclic amines) is 1. The highest BCUT2D eigenvalue weighted by Gasteiger charge is 2.30. The quantitative estimate of drug-likeness (QED) is 0.797. The van der Waals surface area contributed by atoms with Crippen LogP contribution >= 0.6 is 0 Å². The maximum atomic E-state index is 3.82. The van der Waals surface area contributed by atoms with Gasteiger partial charge in [0.1, 0.15) is 0 Å². The molecular formula is C18H36N2. The molecule has 0 amide bonds. The smallest absolute Gasteiger partial charge is 0.0198 e. The summed E-state index contributed by atoms with van der Waals surface area (Å²) in [6.07, 6.45) is 7.29. The van der Waals surface area contributed by atoms with Gasteiger partial charge in [0.05, 0.1) is 0 Å². The topological polar surface area (TPSA) is 15.3 Å². The minimum atomic E-state index is 0.722. The van der Waals surface area contributed by atoms with Crippen LogP contribution in [0.1, 0.15) is 59.8 Å². The summed E-state index contributed by atoms with van der Waals surface area (Å²) in [5.74, 6) is 3.46. The molecule has 1 aliphatic carbocycles. The lowest BCUT2D eigenvalue weighted by Gasteiger charge is -2.41. The van der Waals surface area contributed by atoms with Gasteiger partial charge in [-0.05, 0) is 49.5 Å². The van der Waals surface area contributed by atoms with Crippen molar-refractivity contribution in [1.82, 2.24) is 10.2 Å². The van der Waals surface area contributed by atoms with Gasteiger partial charge in [-0.1, -0.05) is 40.5 Å². The largest absolute Gasteiger partial charge is 0.312 e. The zero-order valence-corrected chi connectivity index (χ0v) is 14.2. The minimum absolute atomic E-state index is 0.722. The molecule has 2 atom stereocenters. The lowest BCUT2D eigenvalue weighted by atomic mass is 9.85. The van der Waals surface area contributed by atoms with Gasteiger partial charge in [-0.3, -0.25) is 0 Å². The maximum Gasteiger partial charge on any atom is 0.0198 e. The molecule has 1 saturated heterocycles. The molecule has 1 heterocycles. The summed E-state index contributed by atoms with van der Waals surface area (Å²) in [4.78, 5) is 2.78. The van der Waals surface area contributed by atoms with E-state index in [1.165, 1.54) is 58.3 Å². The Morgan fingerprint density at radius 1 is 1.05 bits per heavy atom. The molecule has 2 nitrogen and oxygen atoms in total. The fourth-order valence-electron chi connectivity index (χ4n) is 3.97. The summed E-state index contributed by atoms with van der Waals surface area (Å²) in [7, 11) is 0. The Morgan fingerprint density at radius 2 is 1.75 bits per heavy atom. The highest BCUT2D eigenvalue weighted by atomic mass is 15.2. The van der Waals surface area contributed by atoms with Gasteiger partial charge >= 0.3 is 0 Å². The van der Waals surface area contributed by atoms with E-state index >= 15 is 0 Å². The number of rotatable bonds is 6. The van der Waals surface area contributed by atoms with Gasteiger partial charge in [0, 0.05) is 25.7 Å². The van der Waals surface area contributed by atoms with Crippen LogP contribution in [0, 0.1) is 23.7 Å². The first-order valence-electron chi connectivity index (χ1n) is 9.00. The van der Waals surface area contributed by atoms with Crippen LogP contribution < -0.4 is 5.32 Å². The van der Waals surface area contributed by atoms with E-state index in [9.17, 15) is 0 Å². The second kappa shape index (κ2) is 7.79. The summed E-state index contributed by atoms with van der Waals surface area (Å²) in [5, 5.41) is 3.82. The van der Waals surface area contributed by atoms with Crippen molar-refractivity contribution in [3.63, 3.8) is 0 Å². The predicted octanol–water partition coefficient (Wildman–Crippen LogP) is 3.77. The molecule has 0 bridgehead atoms. The van der Waals surface area contributed by atoms with E-state index in [0.29, 0.717) is 0 Å². The van der Waals surface area contributed by atoms with Gasteiger partial charge in [0.25, 0.3) is 0 Å². The molecule has 0 aromatic carbocycles. The number of hydrogen-bond donors (Lipinski definition) is 1. The van der Waals surface area contributed by atoms with Crippen molar-refractivity contribution in [2.45, 2.75) is 65.8 Å². The van der Waals surface area contributed by atoms with Crippen molar-refractivity contribution in [3.8, 4) is 0 Å². The van der Waals surface area contributed by atoms with E-state index in [-0.39, 0.29) is 0 Å². The van der Waals surface area contributed by atoms with Crippen LogP contribution in [0.2, 0.25) is 0 Å². The fraction of sp³-hybridized carbons (Fsp3) is 1.00. The van der Waals surface area contributed by atoms with Crippen molar-refractivity contribution in [1.29, 1.82) is 0 Å². The van der Waals surface area contributed by atoms with Gasteiger partial charge in [-0.2, -0.15) is 0 Å². The summed E-state index contributed by atoms with van der Waals surface area (Å²) >= 11 is 0. The third kappa shape index (κ3) is 5.04. The molecule has 2 aliphatic rings. The fourth-order valence-corrected chi connectivity index (χ4v) is 3.97. The molecule has 0 spiro atoms. The lowest BCUT2D eigenvalue weighted by molar-refractivity contribution is 0.100. The van der Waals surface area contributed by atoms with Gasteiger partial charge in [0.2, 0.25) is 0 Å². The van der Waals surface area contributed by atoms with Crippen LogP contribution in [-0.2, 0) is 0 Å². The Hall–Kier alpha value is -0.0800. The van der Waals surface area contributed by atoms with Crippen LogP contribution in [0.3, 0.4) is 0 Å². The summed E-state index contributed by atoms with van der Waals surface area (Å²) in [6, 6.07) is 0.722. The first-order valence-corrected chi connectivity index (χ1v) is 9.00. The van der Waals surface area contributed by atoms with Crippen LogP contribution in [0.4, 0.5) is 0 Å². The van der Waals surface area contributed by atoms with Crippen LogP contribution in [0.25, 0.3) is 0 Å². The minimum Gasteiger partial charge on any atom is -0.312 e. The molecule has 0 radical (unpaired) electrons. The molecule has 2 unspecified atom stereocenters. The van der Waals surface area contributed by atoms with Crippen molar-refractivity contribution in [2.24, 2.45) is 23.7 Å². The lowest BCUT2D eigenvalue weighted by Crippen LogP contribution is -2.51. The van der Waals surface area contributed by atoms with E-state index in [1.54, 1.807) is 0 Å². The first kappa shape index (κ1) is 16.3. The van der Waals surface area contributed by atoms with Crippen LogP contribution in [-0.4, -0.2) is 37.1 Å². The van der Waals surface area contributed by atoms with Crippen molar-refractivity contribution in [3.05, 3.63) is 0 Å². The average molecular weight is 280 g/mol. The summed E-state index contributed by atoms with van der Waals surface area (Å²) in [5.41, 5.74) is 0. The summed E-state index contributed by atoms with van der Waals surface area (Å²) in [6.45, 7) is 14.6. The zero-order valence-electron chi connectivity index (χ0n) is 14.2. The van der Waals surface area contributed by atoms with Gasteiger partial charge in [-0.15, -0.1) is 0 Å². The van der Waals surface area contributed by atoms with Crippen molar-refractivity contribution < 1.29 is 0 Å². The molecule has 1 aliphatic heterocycles. The van der Waals surface area contributed by atoms with E-state index in [2.05, 4.69) is 37.9 Å². The standard InChI is InChI=1S/C18H36N2/c1-14(2)10-19-18-9-17(15(3)4)12-20(13-18)11-16-7-5-6-8-16/h14-19H,5-13H2,1-4H3. The predicted molar refractivity (Wildman–Crippen MR) is 88.0 cm³/mol. The number of hydrogen-bond acceptors (Lipinski definition) is 2. The Balaban J connectivity index is 1.86. The third-order valence-electron chi connectivity index (χ3n) is 5.31. The molecular weight excluding hydrogens is 244 g/mol. The second-order valence-electron chi connectivity index (χ2n) is 8.11. The molecule has 0 aromatic heterocycles. The van der Waals surface area contributed by atoms with Crippen LogP contribution in [0.15, 0.2) is 0 Å². The second-order valence-corrected chi connectivity index (χ2v) is 8.11. The molecule has 118 valence electrons. The summed E-state index contributed by atoms with van der Waals surface area (Å²) < 4.78 is 0. The maximum absolute atomic E-state index is 3.82.